The Bertz CT molecular complexity index is 709. The molecule has 1 amide bonds. The molecule has 0 bridgehead atoms. The van der Waals surface area contributed by atoms with E-state index in [9.17, 15) is 4.79 Å². The first-order valence-corrected chi connectivity index (χ1v) is 8.51. The lowest BCUT2D eigenvalue weighted by Crippen LogP contribution is -2.39. The first kappa shape index (κ1) is 18.1. The van der Waals surface area contributed by atoms with Crippen molar-refractivity contribution in [2.24, 2.45) is 0 Å². The molecule has 0 heterocycles. The number of nitrogens with one attached hydrogen (secondary N) is 1. The largest absolute Gasteiger partial charge is 0.481 e. The fraction of sp³-hybridized carbons (Fsp3) is 0.381. The first-order valence-electron chi connectivity index (χ1n) is 8.51. The molecule has 2 aromatic carbocycles. The number of benzene rings is 2. The minimum atomic E-state index is -0.487. The van der Waals surface area contributed by atoms with Gasteiger partial charge in [0.15, 0.2) is 6.10 Å². The van der Waals surface area contributed by atoms with Crippen molar-refractivity contribution in [1.82, 2.24) is 5.32 Å². The van der Waals surface area contributed by atoms with Crippen LogP contribution in [0.4, 0.5) is 0 Å². The molecule has 0 aliphatic heterocycles. The fourth-order valence-electron chi connectivity index (χ4n) is 2.79. The van der Waals surface area contributed by atoms with Crippen molar-refractivity contribution < 1.29 is 9.53 Å². The van der Waals surface area contributed by atoms with Gasteiger partial charge in [0.05, 0.1) is 6.04 Å². The number of rotatable bonds is 6. The highest BCUT2D eigenvalue weighted by Crippen LogP contribution is 2.20. The van der Waals surface area contributed by atoms with Crippen molar-refractivity contribution in [3.8, 4) is 5.75 Å². The summed E-state index contributed by atoms with van der Waals surface area (Å²) in [7, 11) is 0. The molecule has 128 valence electrons. The average molecular weight is 325 g/mol. The van der Waals surface area contributed by atoms with Crippen molar-refractivity contribution in [2.75, 3.05) is 0 Å². The van der Waals surface area contributed by atoms with E-state index in [2.05, 4.69) is 37.4 Å². The lowest BCUT2D eigenvalue weighted by Gasteiger charge is -2.22. The van der Waals surface area contributed by atoms with Gasteiger partial charge in [-0.15, -0.1) is 0 Å². The van der Waals surface area contributed by atoms with Crippen LogP contribution in [0.2, 0.25) is 0 Å². The van der Waals surface area contributed by atoms with Crippen molar-refractivity contribution in [1.29, 1.82) is 0 Å². The zero-order chi connectivity index (χ0) is 17.7. The smallest absolute Gasteiger partial charge is 0.261 e. The molecule has 0 spiro atoms. The highest BCUT2D eigenvalue weighted by Gasteiger charge is 2.21. The number of carbonyl (C=O) groups excluding carboxylic acids is 1. The predicted molar refractivity (Wildman–Crippen MR) is 98.4 cm³/mol. The fourth-order valence-corrected chi connectivity index (χ4v) is 2.79. The molecule has 0 saturated carbocycles. The predicted octanol–water partition coefficient (Wildman–Crippen LogP) is 4.65. The van der Waals surface area contributed by atoms with Crippen LogP contribution in [0.15, 0.2) is 42.5 Å². The van der Waals surface area contributed by atoms with Crippen molar-refractivity contribution in [3.05, 3.63) is 64.7 Å². The van der Waals surface area contributed by atoms with E-state index >= 15 is 0 Å². The standard InChI is InChI=1S/C21H27NO2/c1-6-20(24-18-9-7-8-14(2)12-18)21(23)22-17(5)19-13-15(3)10-11-16(19)4/h7-13,17,20H,6H2,1-5H3,(H,22,23)/t17-,20+/m1/s1. The number of ether oxygens (including phenoxy) is 1. The quantitative estimate of drug-likeness (QED) is 0.840. The van der Waals surface area contributed by atoms with Crippen LogP contribution in [0, 0.1) is 20.8 Å². The van der Waals surface area contributed by atoms with Gasteiger partial charge in [-0.05, 0) is 62.9 Å². The van der Waals surface area contributed by atoms with E-state index in [4.69, 9.17) is 4.74 Å². The molecule has 3 nitrogen and oxygen atoms in total. The molecule has 0 aliphatic rings. The summed E-state index contributed by atoms with van der Waals surface area (Å²) in [4.78, 5) is 12.6. The SMILES string of the molecule is CC[C@H](Oc1cccc(C)c1)C(=O)N[C@H](C)c1cc(C)ccc1C. The van der Waals surface area contributed by atoms with E-state index in [1.54, 1.807) is 0 Å². The summed E-state index contributed by atoms with van der Waals surface area (Å²) in [6, 6.07) is 14.0. The van der Waals surface area contributed by atoms with Crippen LogP contribution in [0.3, 0.4) is 0 Å². The monoisotopic (exact) mass is 325 g/mol. The van der Waals surface area contributed by atoms with Crippen molar-refractivity contribution in [2.45, 2.75) is 53.2 Å². The molecule has 0 unspecified atom stereocenters. The summed E-state index contributed by atoms with van der Waals surface area (Å²) < 4.78 is 5.88. The summed E-state index contributed by atoms with van der Waals surface area (Å²) in [6.07, 6.45) is 0.138. The van der Waals surface area contributed by atoms with Crippen LogP contribution < -0.4 is 10.1 Å². The van der Waals surface area contributed by atoms with Gasteiger partial charge in [0.1, 0.15) is 5.75 Å². The Kier molecular flexibility index (Phi) is 6.02. The van der Waals surface area contributed by atoms with Crippen LogP contribution in [-0.2, 0) is 4.79 Å². The Morgan fingerprint density at radius 3 is 2.46 bits per heavy atom. The molecule has 1 N–H and O–H groups in total. The van der Waals surface area contributed by atoms with Crippen LogP contribution in [0.5, 0.6) is 5.75 Å². The van der Waals surface area contributed by atoms with E-state index in [1.807, 2.05) is 45.0 Å². The van der Waals surface area contributed by atoms with Gasteiger partial charge in [0.25, 0.3) is 5.91 Å². The number of carbonyl (C=O) groups is 1. The second-order valence-electron chi connectivity index (χ2n) is 6.42. The van der Waals surface area contributed by atoms with Gasteiger partial charge in [-0.2, -0.15) is 0 Å². The normalized spacial score (nSPS) is 13.2. The summed E-state index contributed by atoms with van der Waals surface area (Å²) in [5.41, 5.74) is 4.64. The summed E-state index contributed by atoms with van der Waals surface area (Å²) in [5.74, 6) is 0.656. The zero-order valence-corrected chi connectivity index (χ0v) is 15.2. The molecule has 0 fully saturated rings. The van der Waals surface area contributed by atoms with Gasteiger partial charge >= 0.3 is 0 Å². The molecular weight excluding hydrogens is 298 g/mol. The van der Waals surface area contributed by atoms with Crippen LogP contribution in [0.1, 0.15) is 48.6 Å². The molecule has 0 radical (unpaired) electrons. The van der Waals surface area contributed by atoms with E-state index in [1.165, 1.54) is 11.1 Å². The second-order valence-corrected chi connectivity index (χ2v) is 6.42. The van der Waals surface area contributed by atoms with Gasteiger partial charge in [0, 0.05) is 0 Å². The number of amides is 1. The lowest BCUT2D eigenvalue weighted by atomic mass is 10.00. The third-order valence-electron chi connectivity index (χ3n) is 4.19. The minimum absolute atomic E-state index is 0.0486. The molecule has 3 heteroatoms. The van der Waals surface area contributed by atoms with E-state index in [0.29, 0.717) is 6.42 Å². The zero-order valence-electron chi connectivity index (χ0n) is 15.2. The molecule has 0 aliphatic carbocycles. The molecule has 2 atom stereocenters. The van der Waals surface area contributed by atoms with Crippen LogP contribution in [0.25, 0.3) is 0 Å². The average Bonchev–Trinajstić information content (AvgIpc) is 2.54. The van der Waals surface area contributed by atoms with E-state index in [0.717, 1.165) is 16.9 Å². The van der Waals surface area contributed by atoms with Crippen LogP contribution >= 0.6 is 0 Å². The Morgan fingerprint density at radius 1 is 1.08 bits per heavy atom. The lowest BCUT2D eigenvalue weighted by molar-refractivity contribution is -0.128. The molecular formula is C21H27NO2. The molecule has 0 saturated heterocycles. The van der Waals surface area contributed by atoms with Crippen molar-refractivity contribution in [3.63, 3.8) is 0 Å². The van der Waals surface area contributed by atoms with Gasteiger partial charge in [-0.1, -0.05) is 42.8 Å². The maximum Gasteiger partial charge on any atom is 0.261 e. The number of hydrogen-bond acceptors (Lipinski definition) is 2. The molecule has 2 aromatic rings. The van der Waals surface area contributed by atoms with E-state index < -0.39 is 6.10 Å². The van der Waals surface area contributed by atoms with Crippen LogP contribution in [-0.4, -0.2) is 12.0 Å². The summed E-state index contributed by atoms with van der Waals surface area (Å²) >= 11 is 0. The molecule has 0 aromatic heterocycles. The number of aryl methyl sites for hydroxylation is 3. The third kappa shape index (κ3) is 4.60. The van der Waals surface area contributed by atoms with E-state index in [-0.39, 0.29) is 11.9 Å². The third-order valence-corrected chi connectivity index (χ3v) is 4.19. The topological polar surface area (TPSA) is 38.3 Å². The van der Waals surface area contributed by atoms with Gasteiger partial charge < -0.3 is 10.1 Å². The Hall–Kier alpha value is -2.29. The van der Waals surface area contributed by atoms with Gasteiger partial charge in [-0.25, -0.2) is 0 Å². The molecule has 24 heavy (non-hydrogen) atoms. The highest BCUT2D eigenvalue weighted by atomic mass is 16.5. The number of hydrogen-bond donors (Lipinski definition) is 1. The van der Waals surface area contributed by atoms with Crippen molar-refractivity contribution >= 4 is 5.91 Å². The van der Waals surface area contributed by atoms with Gasteiger partial charge in [-0.3, -0.25) is 4.79 Å². The Labute approximate surface area is 145 Å². The first-order chi connectivity index (χ1) is 11.4. The maximum atomic E-state index is 12.6. The van der Waals surface area contributed by atoms with Gasteiger partial charge in [0.2, 0.25) is 0 Å². The Balaban J connectivity index is 2.07. The Morgan fingerprint density at radius 2 is 1.79 bits per heavy atom. The maximum absolute atomic E-state index is 12.6. The second kappa shape index (κ2) is 8.00. The summed E-state index contributed by atoms with van der Waals surface area (Å²) in [6.45, 7) is 10.1. The minimum Gasteiger partial charge on any atom is -0.481 e. The molecule has 2 rings (SSSR count). The highest BCUT2D eigenvalue weighted by molar-refractivity contribution is 5.81. The summed E-state index contributed by atoms with van der Waals surface area (Å²) in [5, 5.41) is 3.09.